The standard InChI is InChI=1S/C18H25N7O/c1-11(2)9-15(19)18(26)23-16-4-3-13(12-5-7-22-8-6-12)10-14(16)17(20)24-25-21/h3-8,10-11,15,25H,9,19,21H2,1-2H3,(H2,20,24)(H,23,26). The third kappa shape index (κ3) is 5.01. The second-order valence-electron chi connectivity index (χ2n) is 6.35. The number of aromatic nitrogens is 1. The zero-order valence-electron chi connectivity index (χ0n) is 14.9. The topological polar surface area (TPSA) is 144 Å². The maximum atomic E-state index is 12.4. The van der Waals surface area contributed by atoms with Crippen molar-refractivity contribution in [3.63, 3.8) is 0 Å². The van der Waals surface area contributed by atoms with Crippen molar-refractivity contribution in [1.82, 2.24) is 10.5 Å². The summed E-state index contributed by atoms with van der Waals surface area (Å²) in [5.41, 5.74) is 17.1. The normalized spacial score (nSPS) is 12.7. The highest BCUT2D eigenvalue weighted by molar-refractivity contribution is 6.07. The van der Waals surface area contributed by atoms with Gasteiger partial charge in [0.25, 0.3) is 0 Å². The van der Waals surface area contributed by atoms with Crippen LogP contribution in [0.1, 0.15) is 25.8 Å². The van der Waals surface area contributed by atoms with Crippen LogP contribution in [0.4, 0.5) is 5.69 Å². The summed E-state index contributed by atoms with van der Waals surface area (Å²) >= 11 is 0. The van der Waals surface area contributed by atoms with Crippen LogP contribution >= 0.6 is 0 Å². The molecule has 8 N–H and O–H groups in total. The third-order valence-corrected chi connectivity index (χ3v) is 3.81. The fraction of sp³-hybridized carbons (Fsp3) is 0.278. The number of rotatable bonds is 7. The van der Waals surface area contributed by atoms with Crippen LogP contribution in [0.25, 0.3) is 11.1 Å². The summed E-state index contributed by atoms with van der Waals surface area (Å²) in [5, 5.41) is 6.65. The van der Waals surface area contributed by atoms with Gasteiger partial charge in [0.05, 0.1) is 11.7 Å². The number of carbonyl (C=O) groups excluding carboxylic acids is 1. The number of hydrogen-bond donors (Lipinski definition) is 5. The number of nitrogens with two attached hydrogens (primary N) is 3. The Morgan fingerprint density at radius 2 is 1.88 bits per heavy atom. The summed E-state index contributed by atoms with van der Waals surface area (Å²) in [6, 6.07) is 8.63. The van der Waals surface area contributed by atoms with Crippen molar-refractivity contribution >= 4 is 17.4 Å². The average Bonchev–Trinajstić information content (AvgIpc) is 2.62. The number of nitrogens with zero attached hydrogens (tertiary/aromatic N) is 2. The first-order valence-electron chi connectivity index (χ1n) is 8.32. The Labute approximate surface area is 152 Å². The minimum atomic E-state index is -0.603. The lowest BCUT2D eigenvalue weighted by Crippen LogP contribution is -2.37. The second-order valence-corrected chi connectivity index (χ2v) is 6.35. The first-order valence-corrected chi connectivity index (χ1v) is 8.32. The maximum absolute atomic E-state index is 12.4. The molecule has 8 heteroatoms. The van der Waals surface area contributed by atoms with Gasteiger partial charge in [0.1, 0.15) is 0 Å². The molecule has 8 nitrogen and oxygen atoms in total. The number of hydrogen-bond acceptors (Lipinski definition) is 6. The van der Waals surface area contributed by atoms with Crippen LogP contribution in [0, 0.1) is 5.92 Å². The summed E-state index contributed by atoms with van der Waals surface area (Å²) in [6.07, 6.45) is 3.99. The molecule has 2 rings (SSSR count). The van der Waals surface area contributed by atoms with Crippen molar-refractivity contribution in [3.8, 4) is 11.1 Å². The molecule has 1 atom stereocenters. The van der Waals surface area contributed by atoms with E-state index in [0.29, 0.717) is 23.6 Å². The molecule has 1 aromatic heterocycles. The highest BCUT2D eigenvalue weighted by Gasteiger charge is 2.18. The molecule has 2 aromatic rings. The van der Waals surface area contributed by atoms with E-state index in [9.17, 15) is 4.79 Å². The van der Waals surface area contributed by atoms with Gasteiger partial charge in [-0.2, -0.15) is 0 Å². The van der Waals surface area contributed by atoms with Gasteiger partial charge in [0.15, 0.2) is 5.84 Å². The lowest BCUT2D eigenvalue weighted by molar-refractivity contribution is -0.117. The lowest BCUT2D eigenvalue weighted by atomic mass is 10.0. The molecule has 0 saturated heterocycles. The molecule has 0 aliphatic rings. The van der Waals surface area contributed by atoms with Crippen LogP contribution in [0.5, 0.6) is 0 Å². The number of hydrazone groups is 1. The highest BCUT2D eigenvalue weighted by Crippen LogP contribution is 2.25. The molecule has 0 radical (unpaired) electrons. The second kappa shape index (κ2) is 8.93. The third-order valence-electron chi connectivity index (χ3n) is 3.81. The number of amides is 1. The number of anilines is 1. The van der Waals surface area contributed by atoms with Gasteiger partial charge in [0, 0.05) is 18.0 Å². The summed E-state index contributed by atoms with van der Waals surface area (Å²) in [7, 11) is 0. The van der Waals surface area contributed by atoms with Gasteiger partial charge >= 0.3 is 0 Å². The molecule has 0 aliphatic heterocycles. The Bertz CT molecular complexity index is 774. The molecule has 1 unspecified atom stereocenters. The fourth-order valence-electron chi connectivity index (χ4n) is 2.56. The fourth-order valence-corrected chi connectivity index (χ4v) is 2.56. The van der Waals surface area contributed by atoms with E-state index in [0.717, 1.165) is 11.1 Å². The van der Waals surface area contributed by atoms with E-state index in [1.807, 2.05) is 38.1 Å². The predicted octanol–water partition coefficient (Wildman–Crippen LogP) is 1.14. The summed E-state index contributed by atoms with van der Waals surface area (Å²) < 4.78 is 0. The van der Waals surface area contributed by atoms with Crippen LogP contribution in [0.2, 0.25) is 0 Å². The van der Waals surface area contributed by atoms with Crippen molar-refractivity contribution in [2.75, 3.05) is 5.32 Å². The first-order chi connectivity index (χ1) is 12.4. The summed E-state index contributed by atoms with van der Waals surface area (Å²) in [5.74, 6) is 5.43. The van der Waals surface area contributed by atoms with Crippen LogP contribution in [0.3, 0.4) is 0 Å². The molecule has 1 aromatic carbocycles. The number of pyridine rings is 1. The van der Waals surface area contributed by atoms with Crippen LogP contribution < -0.4 is 28.2 Å². The van der Waals surface area contributed by atoms with Crippen LogP contribution in [0.15, 0.2) is 47.8 Å². The zero-order chi connectivity index (χ0) is 19.1. The lowest BCUT2D eigenvalue weighted by Gasteiger charge is -2.17. The van der Waals surface area contributed by atoms with Gasteiger partial charge in [-0.05, 0) is 47.7 Å². The first kappa shape index (κ1) is 19.4. The SMILES string of the molecule is CC(C)CC(N)C(=O)Nc1ccc(-c2ccncc2)cc1/C(N)=N/NN. The molecular weight excluding hydrogens is 330 g/mol. The molecule has 0 spiro atoms. The van der Waals surface area contributed by atoms with Crippen LogP contribution in [-0.4, -0.2) is 22.8 Å². The Balaban J connectivity index is 2.36. The van der Waals surface area contributed by atoms with E-state index in [-0.39, 0.29) is 11.7 Å². The van der Waals surface area contributed by atoms with Gasteiger partial charge < -0.3 is 16.8 Å². The largest absolute Gasteiger partial charge is 0.382 e. The molecule has 26 heavy (non-hydrogen) atoms. The maximum Gasteiger partial charge on any atom is 0.241 e. The average molecular weight is 355 g/mol. The van der Waals surface area contributed by atoms with Gasteiger partial charge in [-0.3, -0.25) is 9.78 Å². The number of amidine groups is 1. The Morgan fingerprint density at radius 3 is 2.50 bits per heavy atom. The number of hydrazine groups is 1. The number of carbonyl (C=O) groups is 1. The van der Waals surface area contributed by atoms with Crippen molar-refractivity contribution in [1.29, 1.82) is 0 Å². The van der Waals surface area contributed by atoms with E-state index >= 15 is 0 Å². The van der Waals surface area contributed by atoms with E-state index in [1.165, 1.54) is 0 Å². The van der Waals surface area contributed by atoms with Crippen LogP contribution in [-0.2, 0) is 4.79 Å². The van der Waals surface area contributed by atoms with Gasteiger partial charge in [0.2, 0.25) is 5.91 Å². The summed E-state index contributed by atoms with van der Waals surface area (Å²) in [4.78, 5) is 16.4. The van der Waals surface area contributed by atoms with Gasteiger partial charge in [-0.25, -0.2) is 11.4 Å². The van der Waals surface area contributed by atoms with E-state index in [1.54, 1.807) is 18.5 Å². The summed E-state index contributed by atoms with van der Waals surface area (Å²) in [6.45, 7) is 4.03. The van der Waals surface area contributed by atoms with Crippen molar-refractivity contribution in [3.05, 3.63) is 48.3 Å². The van der Waals surface area contributed by atoms with Crippen molar-refractivity contribution in [2.45, 2.75) is 26.3 Å². The molecule has 138 valence electrons. The Kier molecular flexibility index (Phi) is 6.65. The molecule has 0 fully saturated rings. The van der Waals surface area contributed by atoms with Gasteiger partial charge in [-0.15, -0.1) is 5.10 Å². The molecule has 1 amide bonds. The molecule has 0 bridgehead atoms. The molecular formula is C18H25N7O. The Morgan fingerprint density at radius 1 is 1.19 bits per heavy atom. The molecule has 0 aliphatic carbocycles. The highest BCUT2D eigenvalue weighted by atomic mass is 16.2. The number of nitrogens with one attached hydrogen (secondary N) is 2. The van der Waals surface area contributed by atoms with Crippen molar-refractivity contribution in [2.24, 2.45) is 28.3 Å². The predicted molar refractivity (Wildman–Crippen MR) is 104 cm³/mol. The number of benzene rings is 1. The minimum Gasteiger partial charge on any atom is -0.382 e. The molecule has 0 saturated carbocycles. The van der Waals surface area contributed by atoms with Gasteiger partial charge in [-0.1, -0.05) is 19.9 Å². The quantitative estimate of drug-likeness (QED) is 0.218. The van der Waals surface area contributed by atoms with Crippen molar-refractivity contribution < 1.29 is 4.79 Å². The zero-order valence-corrected chi connectivity index (χ0v) is 14.9. The molecule has 1 heterocycles. The van der Waals surface area contributed by atoms with E-state index < -0.39 is 6.04 Å². The monoisotopic (exact) mass is 355 g/mol. The minimum absolute atomic E-state index is 0.149. The van der Waals surface area contributed by atoms with E-state index in [2.05, 4.69) is 20.9 Å². The van der Waals surface area contributed by atoms with E-state index in [4.69, 9.17) is 17.3 Å². The Hall–Kier alpha value is -2.97. The smallest absolute Gasteiger partial charge is 0.241 e.